The second kappa shape index (κ2) is 4.96. The molecule has 2 aromatic rings. The van der Waals surface area contributed by atoms with Crippen molar-refractivity contribution in [3.8, 4) is 0 Å². The number of aromatic nitrogens is 3. The molecular formula is C15H17N3O. The molecule has 0 bridgehead atoms. The molecule has 0 saturated heterocycles. The van der Waals surface area contributed by atoms with Gasteiger partial charge in [0, 0.05) is 5.92 Å². The van der Waals surface area contributed by atoms with Crippen molar-refractivity contribution in [3.63, 3.8) is 0 Å². The number of fused-ring (bicyclic) bond motifs is 1. The van der Waals surface area contributed by atoms with Gasteiger partial charge in [0.1, 0.15) is 5.82 Å². The van der Waals surface area contributed by atoms with Crippen LogP contribution in [0.4, 0.5) is 0 Å². The topological polar surface area (TPSA) is 47.8 Å². The number of rotatable bonds is 4. The van der Waals surface area contributed by atoms with Crippen molar-refractivity contribution >= 4 is 6.29 Å². The van der Waals surface area contributed by atoms with Crippen LogP contribution in [0.15, 0.2) is 30.3 Å². The Hall–Kier alpha value is -1.97. The zero-order valence-electron chi connectivity index (χ0n) is 11.0. The standard InChI is InChI=1S/C15H17N3O/c1-11-9-13(8-7-12-5-3-2-4-6-12)15-16-14(10-19)17-18(11)15/h2-6,10-11,13H,7-9H2,1H3. The number of benzene rings is 1. The first-order chi connectivity index (χ1) is 9.28. The van der Waals surface area contributed by atoms with Crippen LogP contribution < -0.4 is 0 Å². The van der Waals surface area contributed by atoms with E-state index in [0.29, 0.717) is 17.8 Å². The lowest BCUT2D eigenvalue weighted by Crippen LogP contribution is -2.01. The van der Waals surface area contributed by atoms with Crippen molar-refractivity contribution in [2.45, 2.75) is 38.1 Å². The third-order valence-electron chi connectivity index (χ3n) is 3.81. The molecule has 98 valence electrons. The van der Waals surface area contributed by atoms with Gasteiger partial charge in [-0.2, -0.15) is 0 Å². The number of nitrogens with zero attached hydrogens (tertiary/aromatic N) is 3. The van der Waals surface area contributed by atoms with Crippen LogP contribution >= 0.6 is 0 Å². The van der Waals surface area contributed by atoms with Gasteiger partial charge in [-0.05, 0) is 31.7 Å². The first-order valence-corrected chi connectivity index (χ1v) is 6.73. The molecule has 2 atom stereocenters. The van der Waals surface area contributed by atoms with E-state index in [1.807, 2.05) is 10.7 Å². The molecule has 2 heterocycles. The molecule has 0 radical (unpaired) electrons. The lowest BCUT2D eigenvalue weighted by Gasteiger charge is -2.08. The smallest absolute Gasteiger partial charge is 0.214 e. The number of aryl methyl sites for hydroxylation is 1. The lowest BCUT2D eigenvalue weighted by molar-refractivity contribution is 0.111. The molecule has 2 unspecified atom stereocenters. The average molecular weight is 255 g/mol. The molecule has 1 aliphatic rings. The highest BCUT2D eigenvalue weighted by Crippen LogP contribution is 2.36. The SMILES string of the molecule is CC1CC(CCc2ccccc2)c2nc(C=O)nn21. The summed E-state index contributed by atoms with van der Waals surface area (Å²) in [5, 5.41) is 4.23. The van der Waals surface area contributed by atoms with E-state index >= 15 is 0 Å². The largest absolute Gasteiger partial charge is 0.294 e. The quantitative estimate of drug-likeness (QED) is 0.789. The second-order valence-corrected chi connectivity index (χ2v) is 5.20. The Morgan fingerprint density at radius 2 is 2.16 bits per heavy atom. The summed E-state index contributed by atoms with van der Waals surface area (Å²) in [5.74, 6) is 1.70. The van der Waals surface area contributed by atoms with Gasteiger partial charge >= 0.3 is 0 Å². The van der Waals surface area contributed by atoms with E-state index in [1.165, 1.54) is 5.56 Å². The average Bonchev–Trinajstić information content (AvgIpc) is 2.99. The Balaban J connectivity index is 1.74. The molecule has 4 nitrogen and oxygen atoms in total. The Morgan fingerprint density at radius 3 is 2.89 bits per heavy atom. The molecule has 3 rings (SSSR count). The van der Waals surface area contributed by atoms with Gasteiger partial charge in [0.05, 0.1) is 6.04 Å². The fourth-order valence-corrected chi connectivity index (χ4v) is 2.85. The van der Waals surface area contributed by atoms with E-state index in [-0.39, 0.29) is 0 Å². The van der Waals surface area contributed by atoms with Crippen LogP contribution in [0.3, 0.4) is 0 Å². The first-order valence-electron chi connectivity index (χ1n) is 6.73. The van der Waals surface area contributed by atoms with E-state index in [1.54, 1.807) is 0 Å². The number of carbonyl (C=O) groups is 1. The Morgan fingerprint density at radius 1 is 1.37 bits per heavy atom. The first kappa shape index (κ1) is 12.1. The number of hydrogen-bond acceptors (Lipinski definition) is 3. The zero-order valence-corrected chi connectivity index (χ0v) is 11.0. The van der Waals surface area contributed by atoms with Gasteiger partial charge in [-0.15, -0.1) is 5.10 Å². The van der Waals surface area contributed by atoms with Crippen molar-refractivity contribution in [2.75, 3.05) is 0 Å². The molecule has 1 aromatic heterocycles. The Labute approximate surface area is 112 Å². The fraction of sp³-hybridized carbons (Fsp3) is 0.400. The van der Waals surface area contributed by atoms with Crippen LogP contribution in [0.2, 0.25) is 0 Å². The van der Waals surface area contributed by atoms with Crippen molar-refractivity contribution in [3.05, 3.63) is 47.5 Å². The van der Waals surface area contributed by atoms with E-state index in [0.717, 1.165) is 31.4 Å². The third-order valence-corrected chi connectivity index (χ3v) is 3.81. The van der Waals surface area contributed by atoms with Crippen molar-refractivity contribution in [1.29, 1.82) is 0 Å². The molecule has 0 spiro atoms. The highest BCUT2D eigenvalue weighted by molar-refractivity contribution is 5.68. The molecule has 1 aliphatic heterocycles. The van der Waals surface area contributed by atoms with Crippen LogP contribution in [0.1, 0.15) is 53.7 Å². The van der Waals surface area contributed by atoms with Gasteiger partial charge in [0.25, 0.3) is 0 Å². The maximum atomic E-state index is 10.8. The minimum Gasteiger partial charge on any atom is -0.294 e. The van der Waals surface area contributed by atoms with E-state index < -0.39 is 0 Å². The number of carbonyl (C=O) groups excluding carboxylic acids is 1. The molecule has 0 aliphatic carbocycles. The number of hydrogen-bond donors (Lipinski definition) is 0. The highest BCUT2D eigenvalue weighted by Gasteiger charge is 2.31. The van der Waals surface area contributed by atoms with Crippen LogP contribution in [-0.2, 0) is 6.42 Å². The summed E-state index contributed by atoms with van der Waals surface area (Å²) in [5.41, 5.74) is 1.35. The zero-order chi connectivity index (χ0) is 13.2. The normalized spacial score (nSPS) is 21.3. The van der Waals surface area contributed by atoms with Gasteiger partial charge in [0.15, 0.2) is 6.29 Å². The van der Waals surface area contributed by atoms with Gasteiger partial charge in [-0.25, -0.2) is 9.67 Å². The highest BCUT2D eigenvalue weighted by atomic mass is 16.1. The summed E-state index contributed by atoms with van der Waals surface area (Å²) < 4.78 is 1.92. The van der Waals surface area contributed by atoms with Gasteiger partial charge < -0.3 is 0 Å². The van der Waals surface area contributed by atoms with Crippen molar-refractivity contribution < 1.29 is 4.79 Å². The fourth-order valence-electron chi connectivity index (χ4n) is 2.85. The predicted octanol–water partition coefficient (Wildman–Crippen LogP) is 2.77. The monoisotopic (exact) mass is 255 g/mol. The van der Waals surface area contributed by atoms with Crippen molar-refractivity contribution in [2.24, 2.45) is 0 Å². The summed E-state index contributed by atoms with van der Waals surface area (Å²) in [6.07, 6.45) is 3.90. The van der Waals surface area contributed by atoms with Crippen LogP contribution in [0.25, 0.3) is 0 Å². The molecule has 4 heteroatoms. The Kier molecular flexibility index (Phi) is 3.15. The van der Waals surface area contributed by atoms with Gasteiger partial charge in [-0.3, -0.25) is 4.79 Å². The minimum absolute atomic E-state index is 0.311. The molecule has 0 saturated carbocycles. The van der Waals surface area contributed by atoms with Gasteiger partial charge in [0.2, 0.25) is 5.82 Å². The van der Waals surface area contributed by atoms with Crippen LogP contribution in [0, 0.1) is 0 Å². The van der Waals surface area contributed by atoms with E-state index in [4.69, 9.17) is 0 Å². The van der Waals surface area contributed by atoms with E-state index in [9.17, 15) is 4.79 Å². The van der Waals surface area contributed by atoms with Gasteiger partial charge in [-0.1, -0.05) is 30.3 Å². The van der Waals surface area contributed by atoms with E-state index in [2.05, 4.69) is 41.3 Å². The summed E-state index contributed by atoms with van der Waals surface area (Å²) in [6, 6.07) is 10.8. The predicted molar refractivity (Wildman–Crippen MR) is 72.2 cm³/mol. The van der Waals surface area contributed by atoms with Crippen molar-refractivity contribution in [1.82, 2.24) is 14.8 Å². The molecule has 19 heavy (non-hydrogen) atoms. The molecule has 1 aromatic carbocycles. The second-order valence-electron chi connectivity index (χ2n) is 5.20. The molecule has 0 N–H and O–H groups in total. The minimum atomic E-state index is 0.311. The summed E-state index contributed by atoms with van der Waals surface area (Å²) >= 11 is 0. The maximum Gasteiger partial charge on any atom is 0.214 e. The van der Waals surface area contributed by atoms with Crippen LogP contribution in [-0.4, -0.2) is 21.1 Å². The summed E-state index contributed by atoms with van der Waals surface area (Å²) in [4.78, 5) is 15.1. The molecular weight excluding hydrogens is 238 g/mol. The summed E-state index contributed by atoms with van der Waals surface area (Å²) in [6.45, 7) is 2.13. The lowest BCUT2D eigenvalue weighted by atomic mass is 9.96. The number of aldehydes is 1. The summed E-state index contributed by atoms with van der Waals surface area (Å²) in [7, 11) is 0. The molecule has 0 amide bonds. The Bertz CT molecular complexity index is 576. The third kappa shape index (κ3) is 2.30. The maximum absolute atomic E-state index is 10.8. The molecule has 0 fully saturated rings. The van der Waals surface area contributed by atoms with Crippen LogP contribution in [0.5, 0.6) is 0 Å².